The number of likely N-dealkylation sites (N-methyl/N-ethyl adjacent to an activating group) is 1. The summed E-state index contributed by atoms with van der Waals surface area (Å²) in [7, 11) is -1.98. The lowest BCUT2D eigenvalue weighted by molar-refractivity contribution is -0.130. The number of hydrogen-bond donors (Lipinski definition) is 0. The number of carbonyl (C=O) groups excluding carboxylic acids is 2. The highest BCUT2D eigenvalue weighted by Crippen LogP contribution is 2.37. The minimum atomic E-state index is -3.67. The van der Waals surface area contributed by atoms with Gasteiger partial charge in [-0.15, -0.1) is 11.8 Å². The molecule has 7 nitrogen and oxygen atoms in total. The molecular formula is C22H27N3O4S2. The van der Waals surface area contributed by atoms with E-state index in [0.717, 1.165) is 10.5 Å². The van der Waals surface area contributed by atoms with E-state index >= 15 is 0 Å². The van der Waals surface area contributed by atoms with E-state index in [1.165, 1.54) is 27.0 Å². The van der Waals surface area contributed by atoms with Gasteiger partial charge in [-0.05, 0) is 23.8 Å². The number of benzene rings is 2. The van der Waals surface area contributed by atoms with Crippen molar-refractivity contribution >= 4 is 39.3 Å². The third-order valence-corrected chi connectivity index (χ3v) is 8.29. The van der Waals surface area contributed by atoms with Crippen molar-refractivity contribution in [3.63, 3.8) is 0 Å². The van der Waals surface area contributed by atoms with E-state index in [1.807, 2.05) is 30.3 Å². The fourth-order valence-electron chi connectivity index (χ4n) is 3.43. The second kappa shape index (κ2) is 9.84. The Balaban J connectivity index is 1.86. The summed E-state index contributed by atoms with van der Waals surface area (Å²) in [4.78, 5) is 29.4. The largest absolute Gasteiger partial charge is 0.340 e. The number of hydrogen-bond acceptors (Lipinski definition) is 5. The second-order valence-corrected chi connectivity index (χ2v) is 10.2. The van der Waals surface area contributed by atoms with Crippen LogP contribution in [0, 0.1) is 0 Å². The molecule has 0 atom stereocenters. The Kier molecular flexibility index (Phi) is 7.40. The van der Waals surface area contributed by atoms with Gasteiger partial charge in [-0.2, -0.15) is 4.31 Å². The Morgan fingerprint density at radius 2 is 1.77 bits per heavy atom. The highest BCUT2D eigenvalue weighted by atomic mass is 32.2. The van der Waals surface area contributed by atoms with E-state index in [1.54, 1.807) is 37.9 Å². The molecule has 1 aliphatic rings. The van der Waals surface area contributed by atoms with Crippen molar-refractivity contribution in [2.75, 3.05) is 37.3 Å². The van der Waals surface area contributed by atoms with E-state index in [0.29, 0.717) is 25.3 Å². The molecule has 0 N–H and O–H groups in total. The van der Waals surface area contributed by atoms with Crippen molar-refractivity contribution in [2.45, 2.75) is 30.2 Å². The van der Waals surface area contributed by atoms with Crippen LogP contribution in [-0.2, 0) is 26.2 Å². The van der Waals surface area contributed by atoms with E-state index in [4.69, 9.17) is 0 Å². The standard InChI is InChI=1S/C22H27N3O4S2/c1-4-24(5-2)31(28,29)18-11-12-20-19(13-18)25(22(27)16-30-20)15-21(26)23(3)14-17-9-7-6-8-10-17/h6-13H,4-5,14-16H2,1-3H3. The van der Waals surface area contributed by atoms with Crippen molar-refractivity contribution in [1.29, 1.82) is 0 Å². The van der Waals surface area contributed by atoms with Gasteiger partial charge in [0.05, 0.1) is 16.3 Å². The van der Waals surface area contributed by atoms with Crippen LogP contribution >= 0.6 is 11.8 Å². The van der Waals surface area contributed by atoms with Gasteiger partial charge in [0.1, 0.15) is 6.54 Å². The molecule has 0 unspecified atom stereocenters. The van der Waals surface area contributed by atoms with Gasteiger partial charge in [0.2, 0.25) is 21.8 Å². The minimum Gasteiger partial charge on any atom is -0.340 e. The maximum Gasteiger partial charge on any atom is 0.243 e. The van der Waals surface area contributed by atoms with E-state index in [-0.39, 0.29) is 29.0 Å². The van der Waals surface area contributed by atoms with E-state index < -0.39 is 10.0 Å². The number of nitrogens with zero attached hydrogens (tertiary/aromatic N) is 3. The number of thioether (sulfide) groups is 1. The summed E-state index contributed by atoms with van der Waals surface area (Å²) in [6, 6.07) is 14.4. The summed E-state index contributed by atoms with van der Waals surface area (Å²) >= 11 is 1.35. The van der Waals surface area contributed by atoms with Crippen LogP contribution < -0.4 is 4.90 Å². The van der Waals surface area contributed by atoms with Crippen LogP contribution in [0.25, 0.3) is 0 Å². The molecule has 0 aromatic heterocycles. The van der Waals surface area contributed by atoms with Gasteiger partial charge in [-0.25, -0.2) is 8.42 Å². The van der Waals surface area contributed by atoms with Crippen molar-refractivity contribution < 1.29 is 18.0 Å². The van der Waals surface area contributed by atoms with Crippen molar-refractivity contribution in [1.82, 2.24) is 9.21 Å². The molecule has 0 fully saturated rings. The first-order chi connectivity index (χ1) is 14.8. The van der Waals surface area contributed by atoms with Crippen LogP contribution in [0.1, 0.15) is 19.4 Å². The molecule has 0 saturated heterocycles. The first kappa shape index (κ1) is 23.3. The molecular weight excluding hydrogens is 434 g/mol. The maximum atomic E-state index is 12.9. The van der Waals surface area contributed by atoms with Crippen LogP contribution in [0.5, 0.6) is 0 Å². The number of sulfonamides is 1. The summed E-state index contributed by atoms with van der Waals surface area (Å²) in [5.74, 6) is -0.214. The summed E-state index contributed by atoms with van der Waals surface area (Å²) in [6.45, 7) is 4.58. The van der Waals surface area contributed by atoms with Gasteiger partial charge in [0.25, 0.3) is 0 Å². The molecule has 0 radical (unpaired) electrons. The third-order valence-electron chi connectivity index (χ3n) is 5.20. The number of fused-ring (bicyclic) bond motifs is 1. The highest BCUT2D eigenvalue weighted by molar-refractivity contribution is 8.00. The molecule has 31 heavy (non-hydrogen) atoms. The van der Waals surface area contributed by atoms with Gasteiger partial charge in [-0.1, -0.05) is 44.2 Å². The normalized spacial score (nSPS) is 13.9. The van der Waals surface area contributed by atoms with Gasteiger partial charge in [-0.3, -0.25) is 9.59 Å². The predicted molar refractivity (Wildman–Crippen MR) is 123 cm³/mol. The van der Waals surface area contributed by atoms with Gasteiger partial charge < -0.3 is 9.80 Å². The number of rotatable bonds is 8. The quantitative estimate of drug-likeness (QED) is 0.604. The number of anilines is 1. The average molecular weight is 462 g/mol. The lowest BCUT2D eigenvalue weighted by atomic mass is 10.2. The lowest BCUT2D eigenvalue weighted by Crippen LogP contribution is -2.43. The minimum absolute atomic E-state index is 0.125. The lowest BCUT2D eigenvalue weighted by Gasteiger charge is -2.31. The molecule has 9 heteroatoms. The maximum absolute atomic E-state index is 12.9. The Labute approximate surface area is 188 Å². The molecule has 0 bridgehead atoms. The zero-order valence-electron chi connectivity index (χ0n) is 17.9. The monoisotopic (exact) mass is 461 g/mol. The number of carbonyl (C=O) groups is 2. The second-order valence-electron chi connectivity index (χ2n) is 7.22. The highest BCUT2D eigenvalue weighted by Gasteiger charge is 2.30. The predicted octanol–water partition coefficient (Wildman–Crippen LogP) is 2.81. The molecule has 0 spiro atoms. The zero-order valence-corrected chi connectivity index (χ0v) is 19.6. The van der Waals surface area contributed by atoms with Crippen LogP contribution in [-0.4, -0.2) is 61.9 Å². The molecule has 1 aliphatic heterocycles. The van der Waals surface area contributed by atoms with Crippen LogP contribution in [0.2, 0.25) is 0 Å². The SMILES string of the molecule is CCN(CC)S(=O)(=O)c1ccc2c(c1)N(CC(=O)N(C)Cc1ccccc1)C(=O)CS2. The fourth-order valence-corrected chi connectivity index (χ4v) is 5.82. The molecule has 166 valence electrons. The Hall–Kier alpha value is -2.36. The fraction of sp³-hybridized carbons (Fsp3) is 0.364. The molecule has 1 heterocycles. The first-order valence-corrected chi connectivity index (χ1v) is 12.6. The molecule has 2 amide bonds. The van der Waals surface area contributed by atoms with Crippen LogP contribution in [0.4, 0.5) is 5.69 Å². The molecule has 0 saturated carbocycles. The smallest absolute Gasteiger partial charge is 0.243 e. The summed E-state index contributed by atoms with van der Waals surface area (Å²) < 4.78 is 27.3. The van der Waals surface area contributed by atoms with Crippen LogP contribution in [0.3, 0.4) is 0 Å². The molecule has 0 aliphatic carbocycles. The Morgan fingerprint density at radius 1 is 1.10 bits per heavy atom. The topological polar surface area (TPSA) is 78.0 Å². The first-order valence-electron chi connectivity index (χ1n) is 10.1. The molecule has 2 aromatic rings. The van der Waals surface area contributed by atoms with Crippen molar-refractivity contribution in [3.8, 4) is 0 Å². The number of amides is 2. The van der Waals surface area contributed by atoms with Crippen molar-refractivity contribution in [3.05, 3.63) is 54.1 Å². The van der Waals surface area contributed by atoms with Gasteiger partial charge in [0.15, 0.2) is 0 Å². The summed E-state index contributed by atoms with van der Waals surface area (Å²) in [6.07, 6.45) is 0. The van der Waals surface area contributed by atoms with Crippen LogP contribution in [0.15, 0.2) is 58.3 Å². The molecule has 2 aromatic carbocycles. The van der Waals surface area contributed by atoms with Gasteiger partial charge >= 0.3 is 0 Å². The summed E-state index contributed by atoms with van der Waals surface area (Å²) in [5.41, 5.74) is 1.46. The Bertz CT molecular complexity index is 1050. The molecule has 3 rings (SSSR count). The van der Waals surface area contributed by atoms with E-state index in [9.17, 15) is 18.0 Å². The zero-order chi connectivity index (χ0) is 22.6. The van der Waals surface area contributed by atoms with Gasteiger partial charge in [0, 0.05) is 31.6 Å². The Morgan fingerprint density at radius 3 is 2.42 bits per heavy atom. The van der Waals surface area contributed by atoms with E-state index in [2.05, 4.69) is 0 Å². The third kappa shape index (κ3) is 5.11. The average Bonchev–Trinajstić information content (AvgIpc) is 2.76. The van der Waals surface area contributed by atoms with Crippen molar-refractivity contribution in [2.24, 2.45) is 0 Å². The summed E-state index contributed by atoms with van der Waals surface area (Å²) in [5, 5.41) is 0.